The van der Waals surface area contributed by atoms with Gasteiger partial charge in [-0.25, -0.2) is 18.1 Å². The number of para-hydroxylation sites is 1. The molecule has 6 rings (SSSR count). The standard InChI is InChI=1S/C31H41N5O6S2/c1-30(2,3)25(35-44(41,42)17-10-11-17)29(40)36-15-18-22(31(18,4)5)23(36)27(39)33-20(14-16-12-13-32-26(16)38)24(37)28-34-19-8-6-7-9-21(19)43-28/h6-9,16-18,20,22-23,25,35H,10-15H2,1-5H3,(H,32,38)(H,33,39)/t16-,18-,20?,22-,23-,25?/m0/s1. The van der Waals surface area contributed by atoms with E-state index >= 15 is 0 Å². The molecule has 6 atom stereocenters. The molecule has 4 aliphatic rings. The van der Waals surface area contributed by atoms with Gasteiger partial charge in [0.05, 0.1) is 21.5 Å². The number of ketones is 1. The van der Waals surface area contributed by atoms with Crippen molar-refractivity contribution in [3.63, 3.8) is 0 Å². The minimum Gasteiger partial charge on any atom is -0.356 e. The average molecular weight is 644 g/mol. The van der Waals surface area contributed by atoms with Crippen LogP contribution >= 0.6 is 11.3 Å². The number of hydrogen-bond donors (Lipinski definition) is 3. The highest BCUT2D eigenvalue weighted by Gasteiger charge is 2.70. The normalized spacial score (nSPS) is 27.5. The van der Waals surface area contributed by atoms with Crippen molar-refractivity contribution >= 4 is 55.1 Å². The Balaban J connectivity index is 1.28. The van der Waals surface area contributed by atoms with Crippen LogP contribution in [0.5, 0.6) is 0 Å². The van der Waals surface area contributed by atoms with Gasteiger partial charge in [0.2, 0.25) is 33.5 Å². The highest BCUT2D eigenvalue weighted by molar-refractivity contribution is 7.90. The smallest absolute Gasteiger partial charge is 0.243 e. The molecule has 4 fully saturated rings. The van der Waals surface area contributed by atoms with Gasteiger partial charge in [0.25, 0.3) is 0 Å². The van der Waals surface area contributed by atoms with Gasteiger partial charge in [-0.05, 0) is 60.5 Å². The number of nitrogens with one attached hydrogen (secondary N) is 3. The maximum absolute atomic E-state index is 14.2. The molecule has 3 amide bonds. The van der Waals surface area contributed by atoms with Crippen LogP contribution < -0.4 is 15.4 Å². The summed E-state index contributed by atoms with van der Waals surface area (Å²) in [7, 11) is -3.68. The molecule has 1 aromatic heterocycles. The number of carbonyl (C=O) groups is 4. The van der Waals surface area contributed by atoms with Crippen LogP contribution in [-0.2, 0) is 24.4 Å². The van der Waals surface area contributed by atoms with Gasteiger partial charge in [-0.1, -0.05) is 46.8 Å². The summed E-state index contributed by atoms with van der Waals surface area (Å²) >= 11 is 1.24. The Morgan fingerprint density at radius 1 is 1.16 bits per heavy atom. The van der Waals surface area contributed by atoms with Gasteiger partial charge in [0.1, 0.15) is 12.1 Å². The second-order valence-electron chi connectivity index (χ2n) is 14.5. The van der Waals surface area contributed by atoms with Gasteiger partial charge < -0.3 is 15.5 Å². The number of likely N-dealkylation sites (tertiary alicyclic amines) is 1. The average Bonchev–Trinajstić information content (AvgIpc) is 3.66. The zero-order valence-electron chi connectivity index (χ0n) is 25.8. The molecule has 3 N–H and O–H groups in total. The number of nitrogens with zero attached hydrogens (tertiary/aromatic N) is 2. The van der Waals surface area contributed by atoms with Crippen molar-refractivity contribution in [3.8, 4) is 0 Å². The number of aromatic nitrogens is 1. The molecule has 2 saturated heterocycles. The number of Topliss-reactive ketones (excluding diaryl/α,β-unsaturated/α-hetero) is 1. The first kappa shape index (κ1) is 31.1. The molecule has 44 heavy (non-hydrogen) atoms. The second-order valence-corrected chi connectivity index (χ2v) is 17.5. The third-order valence-corrected chi connectivity index (χ3v) is 12.9. The molecule has 13 heteroatoms. The highest BCUT2D eigenvalue weighted by atomic mass is 32.2. The van der Waals surface area contributed by atoms with Crippen LogP contribution in [0.15, 0.2) is 24.3 Å². The molecule has 2 aliphatic carbocycles. The number of sulfonamides is 1. The van der Waals surface area contributed by atoms with Gasteiger partial charge in [-0.2, -0.15) is 0 Å². The van der Waals surface area contributed by atoms with Crippen LogP contribution in [0.4, 0.5) is 0 Å². The lowest BCUT2D eigenvalue weighted by atomic mass is 9.86. The Bertz CT molecular complexity index is 1590. The van der Waals surface area contributed by atoms with Crippen molar-refractivity contribution in [3.05, 3.63) is 29.3 Å². The Labute approximate surface area is 262 Å². The fourth-order valence-electron chi connectivity index (χ4n) is 6.99. The molecule has 2 saturated carbocycles. The highest BCUT2D eigenvalue weighted by Crippen LogP contribution is 2.65. The maximum Gasteiger partial charge on any atom is 0.243 e. The number of fused-ring (bicyclic) bond motifs is 2. The van der Waals surface area contributed by atoms with E-state index in [0.29, 0.717) is 37.9 Å². The summed E-state index contributed by atoms with van der Waals surface area (Å²) in [5.74, 6) is -1.93. The summed E-state index contributed by atoms with van der Waals surface area (Å²) < 4.78 is 29.4. The summed E-state index contributed by atoms with van der Waals surface area (Å²) in [5, 5.41) is 5.51. The van der Waals surface area contributed by atoms with Gasteiger partial charge in [0.15, 0.2) is 5.01 Å². The first-order valence-electron chi connectivity index (χ1n) is 15.4. The third kappa shape index (κ3) is 5.66. The second kappa shape index (κ2) is 10.9. The SMILES string of the molecule is CC(C)(C)C(NS(=O)(=O)C1CC1)C(=O)N1C[C@H]2[C@@H]([C@H]1C(=O)NC(C[C@@H]1CCNC1=O)C(=O)c1nc3ccccc3s1)C2(C)C. The van der Waals surface area contributed by atoms with Crippen LogP contribution in [0.2, 0.25) is 0 Å². The van der Waals surface area contributed by atoms with Crippen LogP contribution in [0, 0.1) is 28.6 Å². The predicted octanol–water partition coefficient (Wildman–Crippen LogP) is 2.47. The van der Waals surface area contributed by atoms with Gasteiger partial charge in [-0.15, -0.1) is 11.3 Å². The lowest BCUT2D eigenvalue weighted by Crippen LogP contribution is -2.60. The van der Waals surface area contributed by atoms with E-state index in [-0.39, 0.29) is 40.4 Å². The molecule has 2 aliphatic heterocycles. The Hall–Kier alpha value is -2.90. The van der Waals surface area contributed by atoms with Crippen molar-refractivity contribution in [2.75, 3.05) is 13.1 Å². The van der Waals surface area contributed by atoms with Crippen LogP contribution in [0.25, 0.3) is 10.2 Å². The number of piperidine rings is 1. The van der Waals surface area contributed by atoms with Gasteiger partial charge in [-0.3, -0.25) is 19.2 Å². The van der Waals surface area contributed by atoms with Gasteiger partial charge in [0, 0.05) is 19.0 Å². The van der Waals surface area contributed by atoms with Gasteiger partial charge >= 0.3 is 0 Å². The van der Waals surface area contributed by atoms with E-state index in [1.807, 2.05) is 24.3 Å². The van der Waals surface area contributed by atoms with Crippen LogP contribution in [0.1, 0.15) is 70.1 Å². The van der Waals surface area contributed by atoms with Crippen molar-refractivity contribution in [1.82, 2.24) is 25.2 Å². The maximum atomic E-state index is 14.2. The molecular formula is C31H41N5O6S2. The number of amides is 3. The van der Waals surface area contributed by atoms with E-state index in [1.54, 1.807) is 20.8 Å². The largest absolute Gasteiger partial charge is 0.356 e. The van der Waals surface area contributed by atoms with Crippen molar-refractivity contribution in [2.24, 2.45) is 28.6 Å². The van der Waals surface area contributed by atoms with Crippen LogP contribution in [0.3, 0.4) is 0 Å². The molecule has 238 valence electrons. The minimum absolute atomic E-state index is 0.0712. The van der Waals surface area contributed by atoms with Crippen molar-refractivity contribution in [1.29, 1.82) is 0 Å². The lowest BCUT2D eigenvalue weighted by molar-refractivity contribution is -0.143. The molecule has 11 nitrogen and oxygen atoms in total. The fourth-order valence-corrected chi connectivity index (χ4v) is 9.68. The topological polar surface area (TPSA) is 155 Å². The third-order valence-electron chi connectivity index (χ3n) is 9.94. The summed E-state index contributed by atoms with van der Waals surface area (Å²) in [5.41, 5.74) is -0.258. The quantitative estimate of drug-likeness (QED) is 0.336. The summed E-state index contributed by atoms with van der Waals surface area (Å²) in [6.07, 6.45) is 1.81. The van der Waals surface area contributed by atoms with Crippen molar-refractivity contribution in [2.45, 2.75) is 83.7 Å². The molecule has 0 spiro atoms. The molecule has 3 heterocycles. The minimum atomic E-state index is -3.68. The monoisotopic (exact) mass is 643 g/mol. The van der Waals surface area contributed by atoms with Crippen LogP contribution in [-0.4, -0.2) is 78.3 Å². The zero-order chi connectivity index (χ0) is 31.8. The lowest BCUT2D eigenvalue weighted by Gasteiger charge is -2.37. The van der Waals surface area contributed by atoms with E-state index in [1.165, 1.54) is 16.2 Å². The number of benzene rings is 1. The van der Waals surface area contributed by atoms with E-state index in [2.05, 4.69) is 34.2 Å². The Morgan fingerprint density at radius 2 is 1.86 bits per heavy atom. The van der Waals surface area contributed by atoms with E-state index in [4.69, 9.17) is 0 Å². The molecule has 1 aromatic carbocycles. The van der Waals surface area contributed by atoms with E-state index in [9.17, 15) is 27.6 Å². The molecular weight excluding hydrogens is 603 g/mol. The first-order chi connectivity index (χ1) is 20.6. The number of hydrogen-bond acceptors (Lipinski definition) is 8. The Morgan fingerprint density at radius 3 is 2.48 bits per heavy atom. The summed E-state index contributed by atoms with van der Waals surface area (Å²) in [4.78, 5) is 60.8. The predicted molar refractivity (Wildman–Crippen MR) is 166 cm³/mol. The Kier molecular flexibility index (Phi) is 7.68. The number of carbonyl (C=O) groups excluding carboxylic acids is 4. The molecule has 0 radical (unpaired) electrons. The molecule has 0 bridgehead atoms. The number of rotatable bonds is 10. The molecule has 2 unspecified atom stereocenters. The van der Waals surface area contributed by atoms with E-state index < -0.39 is 56.5 Å². The fraction of sp³-hybridized carbons (Fsp3) is 0.645. The molecule has 2 aromatic rings. The first-order valence-corrected chi connectivity index (χ1v) is 17.8. The zero-order valence-corrected chi connectivity index (χ0v) is 27.4. The van der Waals surface area contributed by atoms with Crippen molar-refractivity contribution < 1.29 is 27.6 Å². The number of thiazole rings is 1. The summed E-state index contributed by atoms with van der Waals surface area (Å²) in [6.45, 7) is 10.4. The van der Waals surface area contributed by atoms with E-state index in [0.717, 1.165) is 4.70 Å². The summed E-state index contributed by atoms with van der Waals surface area (Å²) in [6, 6.07) is 4.47.